The molecule has 0 N–H and O–H groups in total. The van der Waals surface area contributed by atoms with Crippen LogP contribution in [-0.4, -0.2) is 16.6 Å². The van der Waals surface area contributed by atoms with Crippen molar-refractivity contribution in [2.75, 3.05) is 0 Å². The van der Waals surface area contributed by atoms with Crippen LogP contribution in [0.1, 0.15) is 37.2 Å². The summed E-state index contributed by atoms with van der Waals surface area (Å²) in [6.45, 7) is 5.43. The van der Waals surface area contributed by atoms with E-state index in [0.29, 0.717) is 10.3 Å². The van der Waals surface area contributed by atoms with Crippen LogP contribution < -0.4 is 0 Å². The molecule has 78 valence electrons. The highest BCUT2D eigenvalue weighted by Crippen LogP contribution is 2.12. The van der Waals surface area contributed by atoms with Gasteiger partial charge in [0.1, 0.15) is 11.9 Å². The zero-order valence-electron chi connectivity index (χ0n) is 8.33. The first kappa shape index (κ1) is 11.5. The smallest absolute Gasteiger partial charge is 0.360 e. The number of ether oxygens (including phenoxy) is 1. The maximum atomic E-state index is 11.4. The van der Waals surface area contributed by atoms with Gasteiger partial charge in [-0.3, -0.25) is 0 Å². The summed E-state index contributed by atoms with van der Waals surface area (Å²) in [5, 5.41) is 0. The first-order valence-corrected chi connectivity index (χ1v) is 5.68. The first-order chi connectivity index (χ1) is 6.42. The van der Waals surface area contributed by atoms with E-state index in [1.54, 1.807) is 0 Å². The number of hydrogen-bond acceptors (Lipinski definition) is 4. The Morgan fingerprint density at radius 1 is 1.64 bits per heavy atom. The molecule has 0 aliphatic heterocycles. The number of aromatic nitrogens is 1. The monoisotopic (exact) mass is 309 g/mol. The number of carbonyl (C=O) groups is 1. The van der Waals surface area contributed by atoms with E-state index in [2.05, 4.69) is 27.6 Å². The molecule has 1 aromatic heterocycles. The van der Waals surface area contributed by atoms with E-state index in [4.69, 9.17) is 9.15 Å². The summed E-state index contributed by atoms with van der Waals surface area (Å²) in [5.74, 6) is 0.0869. The van der Waals surface area contributed by atoms with Crippen LogP contribution in [0.5, 0.6) is 0 Å². The van der Waals surface area contributed by atoms with Crippen LogP contribution in [0.2, 0.25) is 0 Å². The fraction of sp³-hybridized carbons (Fsp3) is 0.556. The number of hydrogen-bond donors (Lipinski definition) is 0. The Kier molecular flexibility index (Phi) is 3.52. The van der Waals surface area contributed by atoms with Gasteiger partial charge in [0, 0.05) is 0 Å². The Labute approximate surface area is 96.2 Å². The average molecular weight is 309 g/mol. The molecule has 0 unspecified atom stereocenters. The summed E-state index contributed by atoms with van der Waals surface area (Å²) < 4.78 is 10.8. The van der Waals surface area contributed by atoms with Gasteiger partial charge in [-0.2, -0.15) is 0 Å². The van der Waals surface area contributed by atoms with Crippen LogP contribution in [0.4, 0.5) is 0 Å². The van der Waals surface area contributed by atoms with Gasteiger partial charge in [-0.05, 0) is 20.8 Å². The van der Waals surface area contributed by atoms with Crippen molar-refractivity contribution in [2.45, 2.75) is 30.8 Å². The SMILES string of the molecule is CC(C)(C)OC(=O)c1coc(CI)n1. The molecule has 0 fully saturated rings. The molecule has 1 heterocycles. The zero-order chi connectivity index (χ0) is 10.8. The molecule has 0 saturated carbocycles. The molecule has 0 radical (unpaired) electrons. The van der Waals surface area contributed by atoms with E-state index in [0.717, 1.165) is 0 Å². The molecular weight excluding hydrogens is 297 g/mol. The van der Waals surface area contributed by atoms with Crippen LogP contribution in [-0.2, 0) is 9.16 Å². The summed E-state index contributed by atoms with van der Waals surface area (Å²) in [4.78, 5) is 15.4. The second kappa shape index (κ2) is 4.29. The van der Waals surface area contributed by atoms with Crippen LogP contribution in [0.3, 0.4) is 0 Å². The van der Waals surface area contributed by atoms with Crippen LogP contribution >= 0.6 is 22.6 Å². The van der Waals surface area contributed by atoms with Gasteiger partial charge in [0.05, 0.1) is 4.43 Å². The van der Waals surface area contributed by atoms with E-state index >= 15 is 0 Å². The number of halogens is 1. The second-order valence-corrected chi connectivity index (χ2v) is 4.52. The van der Waals surface area contributed by atoms with Crippen molar-refractivity contribution in [3.05, 3.63) is 17.8 Å². The largest absolute Gasteiger partial charge is 0.455 e. The van der Waals surface area contributed by atoms with Crippen molar-refractivity contribution < 1.29 is 13.9 Å². The molecule has 14 heavy (non-hydrogen) atoms. The summed E-state index contributed by atoms with van der Waals surface area (Å²) in [6.07, 6.45) is 1.32. The molecule has 0 aliphatic rings. The van der Waals surface area contributed by atoms with E-state index in [9.17, 15) is 4.79 Å². The highest BCUT2D eigenvalue weighted by Gasteiger charge is 2.20. The summed E-state index contributed by atoms with van der Waals surface area (Å²) in [5.41, 5.74) is -0.271. The Bertz CT molecular complexity index is 327. The van der Waals surface area contributed by atoms with Crippen molar-refractivity contribution in [1.29, 1.82) is 0 Å². The van der Waals surface area contributed by atoms with E-state index < -0.39 is 11.6 Å². The molecule has 1 rings (SSSR count). The Hall–Kier alpha value is -0.590. The van der Waals surface area contributed by atoms with E-state index in [-0.39, 0.29) is 5.69 Å². The van der Waals surface area contributed by atoms with Crippen molar-refractivity contribution >= 4 is 28.6 Å². The lowest BCUT2D eigenvalue weighted by molar-refractivity contribution is 0.00628. The van der Waals surface area contributed by atoms with Gasteiger partial charge in [0.2, 0.25) is 5.89 Å². The molecule has 0 aliphatic carbocycles. The van der Waals surface area contributed by atoms with Gasteiger partial charge in [0.25, 0.3) is 0 Å². The fourth-order valence-corrected chi connectivity index (χ4v) is 1.15. The molecular formula is C9H12INO3. The Balaban J connectivity index is 2.70. The van der Waals surface area contributed by atoms with Crippen molar-refractivity contribution in [1.82, 2.24) is 4.98 Å². The predicted molar refractivity (Wildman–Crippen MR) is 59.4 cm³/mol. The number of alkyl halides is 1. The highest BCUT2D eigenvalue weighted by atomic mass is 127. The molecule has 1 aromatic rings. The molecule has 0 spiro atoms. The molecule has 5 heteroatoms. The normalized spacial score (nSPS) is 11.4. The van der Waals surface area contributed by atoms with Crippen LogP contribution in [0.15, 0.2) is 10.7 Å². The average Bonchev–Trinajstić information content (AvgIpc) is 2.48. The third-order valence-electron chi connectivity index (χ3n) is 1.27. The van der Waals surface area contributed by atoms with Gasteiger partial charge in [0.15, 0.2) is 5.69 Å². The van der Waals surface area contributed by atoms with E-state index in [1.807, 2.05) is 20.8 Å². The highest BCUT2D eigenvalue weighted by molar-refractivity contribution is 14.1. The molecule has 4 nitrogen and oxygen atoms in total. The standard InChI is InChI=1S/C9H12INO3/c1-9(2,3)14-8(12)6-5-13-7(4-10)11-6/h5H,4H2,1-3H3. The third kappa shape index (κ3) is 3.28. The van der Waals surface area contributed by atoms with Gasteiger partial charge < -0.3 is 9.15 Å². The molecule has 0 bridgehead atoms. The van der Waals surface area contributed by atoms with Crippen molar-refractivity contribution in [3.63, 3.8) is 0 Å². The fourth-order valence-electron chi connectivity index (χ4n) is 0.796. The van der Waals surface area contributed by atoms with Crippen molar-refractivity contribution in [2.24, 2.45) is 0 Å². The maximum Gasteiger partial charge on any atom is 0.360 e. The first-order valence-electron chi connectivity index (χ1n) is 4.16. The molecule has 0 amide bonds. The number of nitrogens with zero attached hydrogens (tertiary/aromatic N) is 1. The lowest BCUT2D eigenvalue weighted by Crippen LogP contribution is -2.24. The lowest BCUT2D eigenvalue weighted by atomic mass is 10.2. The summed E-state index contributed by atoms with van der Waals surface area (Å²) >= 11 is 2.11. The van der Waals surface area contributed by atoms with Gasteiger partial charge >= 0.3 is 5.97 Å². The minimum absolute atomic E-state index is 0.228. The van der Waals surface area contributed by atoms with Crippen LogP contribution in [0, 0.1) is 0 Å². The van der Waals surface area contributed by atoms with Gasteiger partial charge in [-0.1, -0.05) is 22.6 Å². The summed E-state index contributed by atoms with van der Waals surface area (Å²) in [7, 11) is 0. The Morgan fingerprint density at radius 3 is 2.71 bits per heavy atom. The number of carbonyl (C=O) groups excluding carboxylic acids is 1. The zero-order valence-corrected chi connectivity index (χ0v) is 10.5. The number of rotatable bonds is 2. The molecule has 0 saturated heterocycles. The molecule has 0 aromatic carbocycles. The second-order valence-electron chi connectivity index (χ2n) is 3.76. The van der Waals surface area contributed by atoms with E-state index in [1.165, 1.54) is 6.26 Å². The topological polar surface area (TPSA) is 52.3 Å². The number of esters is 1. The minimum Gasteiger partial charge on any atom is -0.455 e. The summed E-state index contributed by atoms with van der Waals surface area (Å²) in [6, 6.07) is 0. The minimum atomic E-state index is -0.499. The van der Waals surface area contributed by atoms with Crippen LogP contribution in [0.25, 0.3) is 0 Å². The third-order valence-corrected chi connectivity index (χ3v) is 1.93. The Morgan fingerprint density at radius 2 is 2.29 bits per heavy atom. The van der Waals surface area contributed by atoms with Gasteiger partial charge in [-0.15, -0.1) is 0 Å². The lowest BCUT2D eigenvalue weighted by Gasteiger charge is -2.18. The molecule has 0 atom stereocenters. The van der Waals surface area contributed by atoms with Crippen molar-refractivity contribution in [3.8, 4) is 0 Å². The quantitative estimate of drug-likeness (QED) is 0.479. The van der Waals surface area contributed by atoms with Gasteiger partial charge in [-0.25, -0.2) is 9.78 Å². The maximum absolute atomic E-state index is 11.4. The number of oxazole rings is 1. The predicted octanol–water partition coefficient (Wildman–Crippen LogP) is 2.56.